The number of hydrogen-bond donors (Lipinski definition) is 2. The highest BCUT2D eigenvalue weighted by Gasteiger charge is 2.55. The van der Waals surface area contributed by atoms with Crippen LogP contribution in [0.15, 0.2) is 42.5 Å². The van der Waals surface area contributed by atoms with Crippen molar-refractivity contribution in [3.05, 3.63) is 64.2 Å². The molecule has 0 aromatic heterocycles. The molecule has 0 bridgehead atoms. The maximum Gasteiger partial charge on any atom is 0.216 e. The lowest BCUT2D eigenvalue weighted by Crippen LogP contribution is -2.50. The van der Waals surface area contributed by atoms with Crippen LogP contribution < -0.4 is 4.72 Å². The lowest BCUT2D eigenvalue weighted by Gasteiger charge is -2.51. The molecule has 6 heteroatoms. The Morgan fingerprint density at radius 1 is 1.10 bits per heavy atom. The fourth-order valence-corrected chi connectivity index (χ4v) is 8.48. The second kappa shape index (κ2) is 7.79. The van der Waals surface area contributed by atoms with Crippen LogP contribution in [-0.4, -0.2) is 19.6 Å². The molecule has 0 amide bonds. The Labute approximate surface area is 190 Å². The van der Waals surface area contributed by atoms with Gasteiger partial charge >= 0.3 is 0 Å². The Kier molecular flexibility index (Phi) is 5.35. The third kappa shape index (κ3) is 3.90. The van der Waals surface area contributed by atoms with Crippen molar-refractivity contribution in [3.63, 3.8) is 0 Å². The van der Waals surface area contributed by atoms with Gasteiger partial charge in [-0.3, -0.25) is 0 Å². The van der Waals surface area contributed by atoms with Gasteiger partial charge in [-0.2, -0.15) is 0 Å². The van der Waals surface area contributed by atoms with Crippen LogP contribution in [-0.2, 0) is 22.2 Å². The molecule has 2 saturated carbocycles. The number of nitrogens with one attached hydrogen (secondary N) is 1. The molecule has 2 N–H and O–H groups in total. The summed E-state index contributed by atoms with van der Waals surface area (Å²) in [5.41, 5.74) is 3.46. The molecule has 3 aliphatic rings. The van der Waals surface area contributed by atoms with Crippen molar-refractivity contribution in [2.45, 2.75) is 63.2 Å². The molecular formula is C25H30ClNO3S. The van der Waals surface area contributed by atoms with E-state index >= 15 is 0 Å². The highest BCUT2D eigenvalue weighted by molar-refractivity contribution is 7.88. The smallest absolute Gasteiger partial charge is 0.216 e. The number of phenols is 1. The van der Waals surface area contributed by atoms with E-state index in [4.69, 9.17) is 11.6 Å². The van der Waals surface area contributed by atoms with Gasteiger partial charge in [0.2, 0.25) is 10.0 Å². The molecule has 2 aromatic rings. The molecule has 0 heterocycles. The highest BCUT2D eigenvalue weighted by Crippen LogP contribution is 2.61. The first-order chi connectivity index (χ1) is 14.7. The Bertz CT molecular complexity index is 1080. The molecule has 0 radical (unpaired) electrons. The fraction of sp³-hybridized carbons (Fsp3) is 0.520. The second-order valence-corrected chi connectivity index (χ2v) is 12.2. The Morgan fingerprint density at radius 3 is 2.65 bits per heavy atom. The summed E-state index contributed by atoms with van der Waals surface area (Å²) >= 11 is 5.93. The van der Waals surface area contributed by atoms with Crippen molar-refractivity contribution < 1.29 is 13.5 Å². The molecule has 5 atom stereocenters. The van der Waals surface area contributed by atoms with E-state index in [1.165, 1.54) is 11.1 Å². The number of benzene rings is 2. The zero-order valence-corrected chi connectivity index (χ0v) is 19.4. The van der Waals surface area contributed by atoms with Gasteiger partial charge in [-0.25, -0.2) is 13.1 Å². The second-order valence-electron chi connectivity index (χ2n) is 9.98. The number of sulfonamides is 1. The van der Waals surface area contributed by atoms with E-state index in [1.54, 1.807) is 24.3 Å². The van der Waals surface area contributed by atoms with Crippen molar-refractivity contribution in [2.24, 2.45) is 17.3 Å². The Morgan fingerprint density at radius 2 is 1.87 bits per heavy atom. The van der Waals surface area contributed by atoms with Crippen LogP contribution in [0.5, 0.6) is 5.75 Å². The summed E-state index contributed by atoms with van der Waals surface area (Å²) in [6.45, 7) is 2.31. The summed E-state index contributed by atoms with van der Waals surface area (Å²) in [7, 11) is -3.42. The van der Waals surface area contributed by atoms with Crippen molar-refractivity contribution in [3.8, 4) is 5.75 Å². The molecule has 3 aliphatic carbocycles. The number of aromatic hydroxyl groups is 1. The lowest BCUT2D eigenvalue weighted by molar-refractivity contribution is 0.0462. The molecule has 2 fully saturated rings. The number of rotatable bonds is 4. The van der Waals surface area contributed by atoms with Crippen molar-refractivity contribution in [2.75, 3.05) is 0 Å². The van der Waals surface area contributed by atoms with Gasteiger partial charge in [-0.15, -0.1) is 0 Å². The highest BCUT2D eigenvalue weighted by atomic mass is 35.5. The molecule has 31 heavy (non-hydrogen) atoms. The van der Waals surface area contributed by atoms with Gasteiger partial charge in [-0.1, -0.05) is 36.7 Å². The SMILES string of the molecule is C[C@]12CC[C@@H]3c4ccc(O)cc4CC[C@H]3[C@@H]1CC[C@@H]2NS(=O)(=O)Cc1ccc(Cl)cc1. The first kappa shape index (κ1) is 21.3. The normalized spacial score (nSPS) is 32.2. The van der Waals surface area contributed by atoms with Crippen LogP contribution in [0.1, 0.15) is 61.6 Å². The largest absolute Gasteiger partial charge is 0.508 e. The predicted molar refractivity (Wildman–Crippen MR) is 124 cm³/mol. The van der Waals surface area contributed by atoms with Crippen LogP contribution in [0.25, 0.3) is 0 Å². The van der Waals surface area contributed by atoms with Gasteiger partial charge in [0.25, 0.3) is 0 Å². The molecule has 0 spiro atoms. The van der Waals surface area contributed by atoms with Crippen LogP contribution >= 0.6 is 11.6 Å². The van der Waals surface area contributed by atoms with Crippen LogP contribution in [0.4, 0.5) is 0 Å². The van der Waals surface area contributed by atoms with Gasteiger partial charge < -0.3 is 5.11 Å². The van der Waals surface area contributed by atoms with E-state index < -0.39 is 10.0 Å². The molecule has 0 saturated heterocycles. The predicted octanol–water partition coefficient (Wildman–Crippen LogP) is 5.39. The van der Waals surface area contributed by atoms with E-state index in [2.05, 4.69) is 17.7 Å². The first-order valence-corrected chi connectivity index (χ1v) is 13.3. The molecule has 4 nitrogen and oxygen atoms in total. The molecule has 166 valence electrons. The van der Waals surface area contributed by atoms with E-state index in [9.17, 15) is 13.5 Å². The average Bonchev–Trinajstić information content (AvgIpc) is 3.05. The van der Waals surface area contributed by atoms with Gasteiger partial charge in [-0.05, 0) is 103 Å². The van der Waals surface area contributed by atoms with Gasteiger partial charge in [0.15, 0.2) is 0 Å². The Hall–Kier alpha value is -1.56. The summed E-state index contributed by atoms with van der Waals surface area (Å²) in [5.74, 6) is 2.02. The molecule has 2 aromatic carbocycles. The van der Waals surface area contributed by atoms with Gasteiger partial charge in [0.1, 0.15) is 5.75 Å². The topological polar surface area (TPSA) is 66.4 Å². The molecule has 5 rings (SSSR count). The standard InChI is InChI=1S/C25H30ClNO3S/c1-25-13-12-21-20-9-7-19(28)14-17(20)4-8-22(21)23(25)10-11-24(25)27-31(29,30)15-16-2-5-18(26)6-3-16/h2-3,5-7,9,14,21-24,27-28H,4,8,10-13,15H2,1H3/t21-,22-,23+,24+,25+/m1/s1. The number of hydrogen-bond acceptors (Lipinski definition) is 3. The first-order valence-electron chi connectivity index (χ1n) is 11.3. The maximum atomic E-state index is 13.0. The van der Waals surface area contributed by atoms with E-state index in [-0.39, 0.29) is 17.2 Å². The zero-order chi connectivity index (χ0) is 21.8. The minimum absolute atomic E-state index is 0.00263. The fourth-order valence-electron chi connectivity index (χ4n) is 6.82. The van der Waals surface area contributed by atoms with Gasteiger partial charge in [0.05, 0.1) is 5.75 Å². The molecule has 0 unspecified atom stereocenters. The van der Waals surface area contributed by atoms with Gasteiger partial charge in [0, 0.05) is 11.1 Å². The molecular weight excluding hydrogens is 430 g/mol. The minimum atomic E-state index is -3.42. The van der Waals surface area contributed by atoms with E-state index in [0.29, 0.717) is 28.5 Å². The maximum absolute atomic E-state index is 13.0. The lowest BCUT2D eigenvalue weighted by atomic mass is 9.55. The summed E-state index contributed by atoms with van der Waals surface area (Å²) in [6, 6.07) is 12.9. The zero-order valence-electron chi connectivity index (χ0n) is 17.9. The third-order valence-corrected chi connectivity index (χ3v) is 9.91. The van der Waals surface area contributed by atoms with Crippen molar-refractivity contribution in [1.29, 1.82) is 0 Å². The van der Waals surface area contributed by atoms with Crippen molar-refractivity contribution in [1.82, 2.24) is 4.72 Å². The summed E-state index contributed by atoms with van der Waals surface area (Å²) < 4.78 is 29.0. The van der Waals surface area contributed by atoms with Crippen LogP contribution in [0.3, 0.4) is 0 Å². The summed E-state index contributed by atoms with van der Waals surface area (Å²) in [6.07, 6.45) is 6.25. The third-order valence-electron chi connectivity index (χ3n) is 8.30. The van der Waals surface area contributed by atoms with E-state index in [1.807, 2.05) is 12.1 Å². The number of phenolic OH excluding ortho intramolecular Hbond substituents is 1. The van der Waals surface area contributed by atoms with Crippen LogP contribution in [0, 0.1) is 17.3 Å². The number of halogens is 1. The van der Waals surface area contributed by atoms with E-state index in [0.717, 1.165) is 44.1 Å². The average molecular weight is 460 g/mol. The monoisotopic (exact) mass is 459 g/mol. The van der Waals surface area contributed by atoms with Crippen molar-refractivity contribution >= 4 is 21.6 Å². The minimum Gasteiger partial charge on any atom is -0.508 e. The summed E-state index contributed by atoms with van der Waals surface area (Å²) in [4.78, 5) is 0. The van der Waals surface area contributed by atoms with Crippen LogP contribution in [0.2, 0.25) is 5.02 Å². The molecule has 0 aliphatic heterocycles. The number of fused-ring (bicyclic) bond motifs is 5. The number of aryl methyl sites for hydroxylation is 1. The Balaban J connectivity index is 1.33. The quantitative estimate of drug-likeness (QED) is 0.644. The summed E-state index contributed by atoms with van der Waals surface area (Å²) in [5, 5.41) is 10.5.